The maximum Gasteiger partial charge on any atom is 0.0672 e. The molecule has 1 aliphatic heterocycles. The second-order valence-corrected chi connectivity index (χ2v) is 6.14. The number of nitriles is 1. The van der Waals surface area contributed by atoms with Gasteiger partial charge in [0.25, 0.3) is 0 Å². The molecule has 0 bridgehead atoms. The van der Waals surface area contributed by atoms with Crippen LogP contribution in [0.2, 0.25) is 0 Å². The fourth-order valence-electron chi connectivity index (χ4n) is 3.85. The summed E-state index contributed by atoms with van der Waals surface area (Å²) < 4.78 is 0. The van der Waals surface area contributed by atoms with Crippen LogP contribution in [0.1, 0.15) is 46.0 Å². The number of rotatable bonds is 3. The molecule has 3 nitrogen and oxygen atoms in total. The highest BCUT2D eigenvalue weighted by molar-refractivity contribution is 5.01. The van der Waals surface area contributed by atoms with Crippen LogP contribution in [0.3, 0.4) is 0 Å². The number of aliphatic hydroxyl groups is 1. The van der Waals surface area contributed by atoms with Crippen LogP contribution in [-0.4, -0.2) is 35.2 Å². The summed E-state index contributed by atoms with van der Waals surface area (Å²) in [5, 5.41) is 19.0. The van der Waals surface area contributed by atoms with E-state index in [1.807, 2.05) is 0 Å². The summed E-state index contributed by atoms with van der Waals surface area (Å²) in [5.74, 6) is 1.51. The lowest BCUT2D eigenvalue weighted by atomic mass is 9.77. The molecule has 2 fully saturated rings. The lowest BCUT2D eigenvalue weighted by Gasteiger charge is -2.41. The molecule has 18 heavy (non-hydrogen) atoms. The molecule has 1 saturated heterocycles. The van der Waals surface area contributed by atoms with Crippen molar-refractivity contribution in [2.75, 3.05) is 13.2 Å². The summed E-state index contributed by atoms with van der Waals surface area (Å²) in [6.45, 7) is 5.78. The number of hydrogen-bond acceptors (Lipinski definition) is 3. The zero-order chi connectivity index (χ0) is 13.1. The van der Waals surface area contributed by atoms with Gasteiger partial charge in [-0.05, 0) is 44.1 Å². The van der Waals surface area contributed by atoms with Crippen LogP contribution < -0.4 is 0 Å². The summed E-state index contributed by atoms with van der Waals surface area (Å²) in [7, 11) is 0. The molecule has 1 saturated carbocycles. The van der Waals surface area contributed by atoms with Gasteiger partial charge in [-0.15, -0.1) is 0 Å². The normalized spacial score (nSPS) is 41.8. The zero-order valence-corrected chi connectivity index (χ0v) is 11.7. The van der Waals surface area contributed by atoms with Crippen molar-refractivity contribution in [3.63, 3.8) is 0 Å². The highest BCUT2D eigenvalue weighted by Gasteiger charge is 2.41. The van der Waals surface area contributed by atoms with E-state index in [1.165, 1.54) is 12.8 Å². The lowest BCUT2D eigenvalue weighted by Crippen LogP contribution is -2.48. The number of hydrogen-bond donors (Lipinski definition) is 1. The van der Waals surface area contributed by atoms with E-state index in [2.05, 4.69) is 24.8 Å². The van der Waals surface area contributed by atoms with Crippen LogP contribution >= 0.6 is 0 Å². The average molecular weight is 250 g/mol. The van der Waals surface area contributed by atoms with Gasteiger partial charge in [-0.1, -0.05) is 20.3 Å². The first kappa shape index (κ1) is 13.8. The van der Waals surface area contributed by atoms with Gasteiger partial charge in [-0.2, -0.15) is 5.26 Å². The van der Waals surface area contributed by atoms with Crippen molar-refractivity contribution in [3.05, 3.63) is 0 Å². The highest BCUT2D eigenvalue weighted by Crippen LogP contribution is 2.38. The Morgan fingerprint density at radius 1 is 1.33 bits per heavy atom. The summed E-state index contributed by atoms with van der Waals surface area (Å²) in [5.41, 5.74) is 0. The molecule has 0 amide bonds. The van der Waals surface area contributed by atoms with E-state index in [0.29, 0.717) is 12.0 Å². The highest BCUT2D eigenvalue weighted by atomic mass is 16.3. The Kier molecular flexibility index (Phi) is 4.64. The first-order valence-electron chi connectivity index (χ1n) is 7.47. The lowest BCUT2D eigenvalue weighted by molar-refractivity contribution is 0.0524. The van der Waals surface area contributed by atoms with Crippen molar-refractivity contribution >= 4 is 0 Å². The monoisotopic (exact) mass is 250 g/mol. The number of likely N-dealkylation sites (tertiary alicyclic amines) is 1. The van der Waals surface area contributed by atoms with Crippen molar-refractivity contribution in [3.8, 4) is 6.07 Å². The molecule has 2 rings (SSSR count). The van der Waals surface area contributed by atoms with Crippen LogP contribution in [-0.2, 0) is 0 Å². The predicted octanol–water partition coefficient (Wildman–Crippen LogP) is 2.41. The van der Waals surface area contributed by atoms with Crippen molar-refractivity contribution in [2.24, 2.45) is 17.8 Å². The second kappa shape index (κ2) is 6.04. The quantitative estimate of drug-likeness (QED) is 0.836. The van der Waals surface area contributed by atoms with E-state index >= 15 is 0 Å². The van der Waals surface area contributed by atoms with Gasteiger partial charge in [-0.3, -0.25) is 4.90 Å². The Hall–Kier alpha value is -0.590. The Morgan fingerprint density at radius 2 is 2.11 bits per heavy atom. The molecular weight excluding hydrogens is 224 g/mol. The first-order chi connectivity index (χ1) is 8.71. The minimum absolute atomic E-state index is 0.173. The smallest absolute Gasteiger partial charge is 0.0672 e. The minimum atomic E-state index is 0.173. The molecule has 5 unspecified atom stereocenters. The molecule has 0 aromatic rings. The molecule has 0 radical (unpaired) electrons. The van der Waals surface area contributed by atoms with Crippen LogP contribution in [0.5, 0.6) is 0 Å². The SMILES string of the molecule is CCC1CCC(C#N)C(N2CCC(C)C2CO)C1. The van der Waals surface area contributed by atoms with E-state index < -0.39 is 0 Å². The van der Waals surface area contributed by atoms with Crippen molar-refractivity contribution in [1.82, 2.24) is 4.90 Å². The second-order valence-electron chi connectivity index (χ2n) is 6.14. The number of aliphatic hydroxyl groups excluding tert-OH is 1. The molecule has 2 aliphatic rings. The van der Waals surface area contributed by atoms with Crippen molar-refractivity contribution in [2.45, 2.75) is 58.0 Å². The van der Waals surface area contributed by atoms with E-state index in [4.69, 9.17) is 0 Å². The van der Waals surface area contributed by atoms with Crippen LogP contribution in [0, 0.1) is 29.1 Å². The third-order valence-corrected chi connectivity index (χ3v) is 5.21. The van der Waals surface area contributed by atoms with E-state index in [-0.39, 0.29) is 18.6 Å². The predicted molar refractivity (Wildman–Crippen MR) is 71.9 cm³/mol. The largest absolute Gasteiger partial charge is 0.395 e. The molecule has 102 valence electrons. The third kappa shape index (κ3) is 2.55. The van der Waals surface area contributed by atoms with Gasteiger partial charge >= 0.3 is 0 Å². The summed E-state index contributed by atoms with van der Waals surface area (Å²) in [6.07, 6.45) is 5.79. The fourth-order valence-corrected chi connectivity index (χ4v) is 3.85. The third-order valence-electron chi connectivity index (χ3n) is 5.21. The van der Waals surface area contributed by atoms with Crippen LogP contribution in [0.25, 0.3) is 0 Å². The van der Waals surface area contributed by atoms with E-state index in [9.17, 15) is 10.4 Å². The first-order valence-corrected chi connectivity index (χ1v) is 7.47. The molecule has 0 aromatic carbocycles. The number of nitrogens with zero attached hydrogens (tertiary/aromatic N) is 2. The summed E-state index contributed by atoms with van der Waals surface area (Å²) in [4.78, 5) is 2.44. The van der Waals surface area contributed by atoms with Gasteiger partial charge in [-0.25, -0.2) is 0 Å². The Bertz CT molecular complexity index is 312. The molecule has 3 heteroatoms. The maximum atomic E-state index is 9.59. The summed E-state index contributed by atoms with van der Waals surface area (Å²) >= 11 is 0. The van der Waals surface area contributed by atoms with Gasteiger partial charge in [0.2, 0.25) is 0 Å². The maximum absolute atomic E-state index is 9.59. The van der Waals surface area contributed by atoms with Gasteiger partial charge in [0, 0.05) is 12.1 Å². The Morgan fingerprint density at radius 3 is 2.72 bits per heavy atom. The molecular formula is C15H26N2O. The average Bonchev–Trinajstić information content (AvgIpc) is 2.78. The fraction of sp³-hybridized carbons (Fsp3) is 0.933. The van der Waals surface area contributed by atoms with Crippen LogP contribution in [0.4, 0.5) is 0 Å². The summed E-state index contributed by atoms with van der Waals surface area (Å²) in [6, 6.07) is 3.18. The Labute approximate surface area is 111 Å². The van der Waals surface area contributed by atoms with Gasteiger partial charge < -0.3 is 5.11 Å². The minimum Gasteiger partial charge on any atom is -0.395 e. The van der Waals surface area contributed by atoms with E-state index in [1.54, 1.807) is 0 Å². The Balaban J connectivity index is 2.10. The van der Waals surface area contributed by atoms with Gasteiger partial charge in [0.1, 0.15) is 0 Å². The van der Waals surface area contributed by atoms with Crippen molar-refractivity contribution in [1.29, 1.82) is 5.26 Å². The van der Waals surface area contributed by atoms with Crippen LogP contribution in [0.15, 0.2) is 0 Å². The molecule has 0 spiro atoms. The van der Waals surface area contributed by atoms with E-state index in [0.717, 1.165) is 31.7 Å². The molecule has 1 N–H and O–H groups in total. The molecule has 1 aliphatic carbocycles. The molecule has 1 heterocycles. The standard InChI is InChI=1S/C15H26N2O/c1-3-12-4-5-13(9-16)14(8-12)17-7-6-11(2)15(17)10-18/h11-15,18H,3-8,10H2,1-2H3. The molecule has 5 atom stereocenters. The zero-order valence-electron chi connectivity index (χ0n) is 11.7. The van der Waals surface area contributed by atoms with Crippen molar-refractivity contribution < 1.29 is 5.11 Å². The van der Waals surface area contributed by atoms with Gasteiger partial charge in [0.15, 0.2) is 0 Å². The molecule has 0 aromatic heterocycles. The topological polar surface area (TPSA) is 47.3 Å². The van der Waals surface area contributed by atoms with Gasteiger partial charge in [0.05, 0.1) is 18.6 Å².